The lowest BCUT2D eigenvalue weighted by molar-refractivity contribution is 0.597. The monoisotopic (exact) mass is 419 g/mol. The fraction of sp³-hybridized carbons (Fsp3) is 0.227. The Kier molecular flexibility index (Phi) is 5.38. The summed E-state index contributed by atoms with van der Waals surface area (Å²) in [5.41, 5.74) is 2.44. The number of aryl methyl sites for hydroxylation is 1. The molecule has 0 radical (unpaired) electrons. The minimum absolute atomic E-state index is 0.130. The fourth-order valence-corrected chi connectivity index (χ4v) is 4.54. The Balaban J connectivity index is 1.93. The number of sulfonamides is 1. The van der Waals surface area contributed by atoms with Crippen LogP contribution in [0.4, 0.5) is 5.82 Å². The second kappa shape index (κ2) is 8.13. The predicted octanol–water partition coefficient (Wildman–Crippen LogP) is 4.45. The third kappa shape index (κ3) is 3.60. The van der Waals surface area contributed by atoms with Crippen LogP contribution >= 0.6 is 0 Å². The Labute approximate surface area is 175 Å². The van der Waals surface area contributed by atoms with E-state index in [0.717, 1.165) is 19.3 Å². The van der Waals surface area contributed by atoms with E-state index in [4.69, 9.17) is 4.98 Å². The number of nitriles is 1. The molecular weight excluding hydrogens is 398 g/mol. The maximum Gasteiger partial charge on any atom is 0.263 e. The van der Waals surface area contributed by atoms with Crippen LogP contribution in [0.5, 0.6) is 0 Å². The number of fused-ring (bicyclic) bond motifs is 2. The Morgan fingerprint density at radius 1 is 1.00 bits per heavy atom. The zero-order valence-electron chi connectivity index (χ0n) is 16.5. The van der Waals surface area contributed by atoms with E-state index >= 15 is 0 Å². The van der Waals surface area contributed by atoms with Crippen molar-refractivity contribution in [1.29, 1.82) is 5.26 Å². The molecule has 2 aromatic heterocycles. The number of nitrogens with one attached hydrogen (secondary N) is 1. The van der Waals surface area contributed by atoms with E-state index in [1.165, 1.54) is 12.1 Å². The second-order valence-electron chi connectivity index (χ2n) is 7.00. The van der Waals surface area contributed by atoms with Gasteiger partial charge in [0.25, 0.3) is 10.0 Å². The highest BCUT2D eigenvalue weighted by molar-refractivity contribution is 7.92. The summed E-state index contributed by atoms with van der Waals surface area (Å²) in [5, 5.41) is 9.87. The van der Waals surface area contributed by atoms with Crippen LogP contribution in [-0.2, 0) is 16.6 Å². The van der Waals surface area contributed by atoms with Gasteiger partial charge in [0.2, 0.25) is 0 Å². The second-order valence-corrected chi connectivity index (χ2v) is 8.68. The number of hydrogen-bond donors (Lipinski definition) is 1. The van der Waals surface area contributed by atoms with Crippen LogP contribution in [0.25, 0.3) is 22.2 Å². The highest BCUT2D eigenvalue weighted by atomic mass is 32.2. The van der Waals surface area contributed by atoms with Crippen LogP contribution < -0.4 is 4.72 Å². The topological polar surface area (TPSA) is 101 Å². The molecule has 0 amide bonds. The van der Waals surface area contributed by atoms with E-state index in [-0.39, 0.29) is 16.3 Å². The number of unbranched alkanes of at least 4 members (excludes halogenated alkanes) is 2. The molecule has 0 spiro atoms. The van der Waals surface area contributed by atoms with Gasteiger partial charge in [-0.05, 0) is 30.7 Å². The summed E-state index contributed by atoms with van der Waals surface area (Å²) in [7, 11) is -3.87. The van der Waals surface area contributed by atoms with Crippen molar-refractivity contribution in [2.45, 2.75) is 37.6 Å². The van der Waals surface area contributed by atoms with Gasteiger partial charge < -0.3 is 4.57 Å². The summed E-state index contributed by atoms with van der Waals surface area (Å²) in [6, 6.07) is 17.6. The standard InChI is InChI=1S/C22H21N5O2S/c1-2-3-9-14-27-21(26-30(28,29)16-10-5-4-6-11-16)17(15-23)20-22(27)25-19-13-8-7-12-18(19)24-20/h4-8,10-13,26H,2-3,9,14H2,1H3. The maximum atomic E-state index is 13.0. The first-order valence-electron chi connectivity index (χ1n) is 9.82. The smallest absolute Gasteiger partial charge is 0.263 e. The van der Waals surface area contributed by atoms with Crippen LogP contribution in [0.15, 0.2) is 59.5 Å². The number of rotatable bonds is 7. The minimum atomic E-state index is -3.87. The molecule has 4 rings (SSSR count). The van der Waals surface area contributed by atoms with Crippen molar-refractivity contribution in [2.75, 3.05) is 4.72 Å². The first-order valence-corrected chi connectivity index (χ1v) is 11.3. The lowest BCUT2D eigenvalue weighted by Crippen LogP contribution is -2.17. The van der Waals surface area contributed by atoms with E-state index in [9.17, 15) is 13.7 Å². The van der Waals surface area contributed by atoms with Gasteiger partial charge in [0.05, 0.1) is 15.9 Å². The van der Waals surface area contributed by atoms with E-state index in [2.05, 4.69) is 22.7 Å². The summed E-state index contributed by atoms with van der Waals surface area (Å²) in [6.45, 7) is 2.63. The lowest BCUT2D eigenvalue weighted by Gasteiger charge is -2.13. The predicted molar refractivity (Wildman–Crippen MR) is 117 cm³/mol. The van der Waals surface area contributed by atoms with Crippen LogP contribution in [0.3, 0.4) is 0 Å². The number of nitrogens with zero attached hydrogens (tertiary/aromatic N) is 4. The molecule has 7 nitrogen and oxygen atoms in total. The molecular formula is C22H21N5O2S. The maximum absolute atomic E-state index is 13.0. The Bertz CT molecular complexity index is 1360. The fourth-order valence-electron chi connectivity index (χ4n) is 3.44. The van der Waals surface area contributed by atoms with Crippen molar-refractivity contribution in [1.82, 2.24) is 14.5 Å². The molecule has 2 heterocycles. The SMILES string of the molecule is CCCCCn1c(NS(=O)(=O)c2ccccc2)c(C#N)c2nc3ccccc3nc21. The molecule has 2 aromatic carbocycles. The van der Waals surface area contributed by atoms with Gasteiger partial charge >= 0.3 is 0 Å². The molecule has 8 heteroatoms. The largest absolute Gasteiger partial charge is 0.309 e. The molecule has 1 N–H and O–H groups in total. The van der Waals surface area contributed by atoms with Crippen LogP contribution in [-0.4, -0.2) is 23.0 Å². The molecule has 0 saturated carbocycles. The average molecular weight is 420 g/mol. The summed E-state index contributed by atoms with van der Waals surface area (Å²) in [5.74, 6) is 0.211. The number of benzene rings is 2. The number of aromatic nitrogens is 3. The van der Waals surface area contributed by atoms with Gasteiger partial charge in [-0.1, -0.05) is 50.1 Å². The van der Waals surface area contributed by atoms with Gasteiger partial charge in [0.1, 0.15) is 23.0 Å². The third-order valence-electron chi connectivity index (χ3n) is 4.93. The van der Waals surface area contributed by atoms with Crippen molar-refractivity contribution in [2.24, 2.45) is 0 Å². The number of para-hydroxylation sites is 2. The first-order chi connectivity index (χ1) is 14.5. The van der Waals surface area contributed by atoms with E-state index in [1.54, 1.807) is 22.8 Å². The van der Waals surface area contributed by atoms with Gasteiger partial charge in [-0.25, -0.2) is 18.4 Å². The highest BCUT2D eigenvalue weighted by Gasteiger charge is 2.25. The average Bonchev–Trinajstić information content (AvgIpc) is 3.03. The molecule has 0 bridgehead atoms. The Morgan fingerprint density at radius 2 is 1.67 bits per heavy atom. The summed E-state index contributed by atoms with van der Waals surface area (Å²) in [4.78, 5) is 9.45. The zero-order valence-corrected chi connectivity index (χ0v) is 17.4. The number of hydrogen-bond acceptors (Lipinski definition) is 5. The minimum Gasteiger partial charge on any atom is -0.309 e. The molecule has 0 aliphatic carbocycles. The molecule has 0 unspecified atom stereocenters. The van der Waals surface area contributed by atoms with Crippen molar-refractivity contribution in [3.05, 3.63) is 60.2 Å². The van der Waals surface area contributed by atoms with E-state index in [0.29, 0.717) is 28.7 Å². The molecule has 0 aliphatic heterocycles. The summed E-state index contributed by atoms with van der Waals surface area (Å²) in [6.07, 6.45) is 2.83. The first kappa shape index (κ1) is 19.9. The van der Waals surface area contributed by atoms with Crippen molar-refractivity contribution in [3.63, 3.8) is 0 Å². The van der Waals surface area contributed by atoms with Crippen molar-refractivity contribution >= 4 is 38.0 Å². The van der Waals surface area contributed by atoms with Gasteiger partial charge in [-0.15, -0.1) is 0 Å². The Morgan fingerprint density at radius 3 is 2.33 bits per heavy atom. The van der Waals surface area contributed by atoms with Crippen molar-refractivity contribution in [3.8, 4) is 6.07 Å². The number of anilines is 1. The summed E-state index contributed by atoms with van der Waals surface area (Å²) >= 11 is 0. The van der Waals surface area contributed by atoms with Crippen LogP contribution in [0.1, 0.15) is 31.7 Å². The molecule has 152 valence electrons. The normalized spacial score (nSPS) is 11.6. The molecule has 0 atom stereocenters. The quantitative estimate of drug-likeness (QED) is 0.446. The molecule has 0 saturated heterocycles. The Hall–Kier alpha value is -3.44. The van der Waals surface area contributed by atoms with Gasteiger partial charge in [-0.2, -0.15) is 5.26 Å². The zero-order chi connectivity index (χ0) is 21.1. The summed E-state index contributed by atoms with van der Waals surface area (Å²) < 4.78 is 30.4. The van der Waals surface area contributed by atoms with Gasteiger partial charge in [0, 0.05) is 6.54 Å². The third-order valence-corrected chi connectivity index (χ3v) is 6.29. The van der Waals surface area contributed by atoms with Crippen LogP contribution in [0.2, 0.25) is 0 Å². The van der Waals surface area contributed by atoms with E-state index < -0.39 is 10.0 Å². The van der Waals surface area contributed by atoms with E-state index in [1.807, 2.05) is 24.3 Å². The molecule has 4 aromatic rings. The van der Waals surface area contributed by atoms with Crippen LogP contribution in [0, 0.1) is 11.3 Å². The van der Waals surface area contributed by atoms with Gasteiger partial charge in [-0.3, -0.25) is 4.72 Å². The molecule has 0 aliphatic rings. The van der Waals surface area contributed by atoms with Gasteiger partial charge in [0.15, 0.2) is 5.65 Å². The molecule has 0 fully saturated rings. The highest BCUT2D eigenvalue weighted by Crippen LogP contribution is 2.31. The lowest BCUT2D eigenvalue weighted by atomic mass is 10.2. The van der Waals surface area contributed by atoms with Crippen molar-refractivity contribution < 1.29 is 8.42 Å². The molecule has 30 heavy (non-hydrogen) atoms.